The summed E-state index contributed by atoms with van der Waals surface area (Å²) in [4.78, 5) is 37.4. The molecule has 2 aromatic rings. The van der Waals surface area contributed by atoms with Gasteiger partial charge in [-0.05, 0) is 51.3 Å². The van der Waals surface area contributed by atoms with Gasteiger partial charge in [0.05, 0.1) is 12.5 Å². The van der Waals surface area contributed by atoms with Gasteiger partial charge < -0.3 is 10.1 Å². The van der Waals surface area contributed by atoms with Crippen molar-refractivity contribution in [2.24, 2.45) is 5.92 Å². The van der Waals surface area contributed by atoms with Crippen LogP contribution in [0.3, 0.4) is 0 Å². The maximum absolute atomic E-state index is 12.7. The van der Waals surface area contributed by atoms with Crippen molar-refractivity contribution < 1.29 is 27.5 Å². The van der Waals surface area contributed by atoms with Crippen LogP contribution < -0.4 is 10.1 Å². The zero-order valence-electron chi connectivity index (χ0n) is 18.1. The van der Waals surface area contributed by atoms with Gasteiger partial charge in [-0.15, -0.1) is 0 Å². The number of carbonyl (C=O) groups is 2. The van der Waals surface area contributed by atoms with Crippen LogP contribution in [-0.2, 0) is 11.2 Å². The highest BCUT2D eigenvalue weighted by Crippen LogP contribution is 2.28. The summed E-state index contributed by atoms with van der Waals surface area (Å²) in [5.41, 5.74) is 1.75. The molecule has 172 valence electrons. The topological polar surface area (TPSA) is 94.1 Å². The molecule has 1 fully saturated rings. The number of aryl methyl sites for hydroxylation is 2. The molecule has 1 saturated carbocycles. The lowest BCUT2D eigenvalue weighted by atomic mass is 9.81. The number of ketones is 1. The molecule has 10 heteroatoms. The number of aromatic nitrogens is 3. The van der Waals surface area contributed by atoms with E-state index in [-0.39, 0.29) is 29.7 Å². The molecule has 0 aliphatic heterocycles. The molecule has 1 atom stereocenters. The summed E-state index contributed by atoms with van der Waals surface area (Å²) in [7, 11) is 0. The summed E-state index contributed by atoms with van der Waals surface area (Å²) < 4.78 is 41.7. The van der Waals surface area contributed by atoms with Gasteiger partial charge in [0, 0.05) is 23.4 Å². The minimum Gasteiger partial charge on any atom is -0.468 e. The van der Waals surface area contributed by atoms with Gasteiger partial charge in [-0.3, -0.25) is 9.59 Å². The molecule has 2 aromatic heterocycles. The molecule has 1 aliphatic carbocycles. The number of Topliss-reactive ketones (excluding diaryl/α,β-unsaturated/α-hetero) is 1. The second kappa shape index (κ2) is 9.62. The molecule has 1 N–H and O–H groups in total. The monoisotopic (exact) mass is 450 g/mol. The Morgan fingerprint density at radius 1 is 1.22 bits per heavy atom. The fourth-order valence-electron chi connectivity index (χ4n) is 3.33. The Labute approximate surface area is 183 Å². The molecular formula is C22H25F3N4O3. The quantitative estimate of drug-likeness (QED) is 0.657. The first-order valence-corrected chi connectivity index (χ1v) is 10.4. The first kappa shape index (κ1) is 23.6. The van der Waals surface area contributed by atoms with Crippen molar-refractivity contribution in [3.05, 3.63) is 46.7 Å². The molecule has 2 heterocycles. The number of hydrogen-bond donors (Lipinski definition) is 1. The number of nitrogens with one attached hydrogen (secondary N) is 1. The van der Waals surface area contributed by atoms with Crippen LogP contribution in [0.5, 0.6) is 5.88 Å². The molecule has 32 heavy (non-hydrogen) atoms. The summed E-state index contributed by atoms with van der Waals surface area (Å²) in [5.74, 6) is -0.0817. The third-order valence-electron chi connectivity index (χ3n) is 5.30. The molecule has 0 bridgehead atoms. The van der Waals surface area contributed by atoms with E-state index in [0.29, 0.717) is 22.6 Å². The Balaban J connectivity index is 1.66. The molecule has 3 rings (SSSR count). The van der Waals surface area contributed by atoms with Crippen molar-refractivity contribution in [2.75, 3.05) is 6.61 Å². The van der Waals surface area contributed by atoms with Crippen LogP contribution in [0.1, 0.15) is 65.4 Å². The maximum atomic E-state index is 12.7. The summed E-state index contributed by atoms with van der Waals surface area (Å²) in [6.45, 7) is 3.60. The molecule has 1 aliphatic rings. The smallest absolute Gasteiger partial charge is 0.422 e. The van der Waals surface area contributed by atoms with Crippen LogP contribution in [0.25, 0.3) is 0 Å². The average Bonchev–Trinajstić information content (AvgIpc) is 2.64. The van der Waals surface area contributed by atoms with Crippen molar-refractivity contribution >= 4 is 11.7 Å². The zero-order chi connectivity index (χ0) is 23.5. The van der Waals surface area contributed by atoms with Gasteiger partial charge in [0.15, 0.2) is 6.61 Å². The number of amides is 1. The lowest BCUT2D eigenvalue weighted by molar-refractivity contribution is -0.154. The number of hydrogen-bond acceptors (Lipinski definition) is 6. The number of carbonyl (C=O) groups excluding carboxylic acids is 2. The van der Waals surface area contributed by atoms with Crippen LogP contribution in [0.4, 0.5) is 13.2 Å². The van der Waals surface area contributed by atoms with Crippen LogP contribution in [-0.4, -0.2) is 39.4 Å². The first-order chi connectivity index (χ1) is 15.0. The van der Waals surface area contributed by atoms with E-state index in [0.717, 1.165) is 19.3 Å². The SMILES string of the molecule is Cc1cc(C(=O)NC(C)c2cnc(OCC(F)(F)F)c(C)c2)nc(CC(=O)C2CCC2)n1. The van der Waals surface area contributed by atoms with Gasteiger partial charge >= 0.3 is 6.18 Å². The predicted molar refractivity (Wildman–Crippen MR) is 109 cm³/mol. The van der Waals surface area contributed by atoms with Gasteiger partial charge in [-0.2, -0.15) is 13.2 Å². The second-order valence-corrected chi connectivity index (χ2v) is 8.07. The van der Waals surface area contributed by atoms with E-state index >= 15 is 0 Å². The lowest BCUT2D eigenvalue weighted by Crippen LogP contribution is -2.29. The number of pyridine rings is 1. The van der Waals surface area contributed by atoms with E-state index in [9.17, 15) is 22.8 Å². The standard InChI is InChI=1S/C22H25F3N4O3/c1-12-7-16(10-26-21(12)32-11-22(23,24)25)14(3)28-20(31)17-8-13(2)27-19(29-17)9-18(30)15-5-4-6-15/h7-8,10,14-15H,4-6,9,11H2,1-3H3,(H,28,31). The van der Waals surface area contributed by atoms with Crippen LogP contribution in [0.15, 0.2) is 18.3 Å². The van der Waals surface area contributed by atoms with Crippen molar-refractivity contribution in [3.8, 4) is 5.88 Å². The Bertz CT molecular complexity index is 1010. The average molecular weight is 450 g/mol. The van der Waals surface area contributed by atoms with Crippen molar-refractivity contribution in [3.63, 3.8) is 0 Å². The van der Waals surface area contributed by atoms with Crippen LogP contribution in [0, 0.1) is 19.8 Å². The summed E-state index contributed by atoms with van der Waals surface area (Å²) in [5, 5.41) is 2.79. The van der Waals surface area contributed by atoms with E-state index in [2.05, 4.69) is 20.3 Å². The van der Waals surface area contributed by atoms with E-state index in [1.807, 2.05) is 0 Å². The van der Waals surface area contributed by atoms with E-state index in [1.54, 1.807) is 26.8 Å². The first-order valence-electron chi connectivity index (χ1n) is 10.4. The molecule has 1 amide bonds. The molecule has 0 radical (unpaired) electrons. The van der Waals surface area contributed by atoms with Gasteiger partial charge in [-0.25, -0.2) is 15.0 Å². The van der Waals surface area contributed by atoms with Gasteiger partial charge in [-0.1, -0.05) is 6.42 Å². The molecule has 1 unspecified atom stereocenters. The van der Waals surface area contributed by atoms with Crippen molar-refractivity contribution in [1.29, 1.82) is 0 Å². The van der Waals surface area contributed by atoms with E-state index < -0.39 is 24.7 Å². The number of nitrogens with zero attached hydrogens (tertiary/aromatic N) is 3. The molecule has 0 spiro atoms. The highest BCUT2D eigenvalue weighted by atomic mass is 19.4. The minimum atomic E-state index is -4.45. The Morgan fingerprint density at radius 2 is 1.94 bits per heavy atom. The van der Waals surface area contributed by atoms with Gasteiger partial charge in [0.1, 0.15) is 17.3 Å². The fourth-order valence-corrected chi connectivity index (χ4v) is 3.33. The van der Waals surface area contributed by atoms with E-state index in [1.165, 1.54) is 12.3 Å². The van der Waals surface area contributed by atoms with Crippen molar-refractivity contribution in [2.45, 2.75) is 58.7 Å². The molecule has 0 saturated heterocycles. The zero-order valence-corrected chi connectivity index (χ0v) is 18.1. The van der Waals surface area contributed by atoms with Gasteiger partial charge in [0.2, 0.25) is 5.88 Å². The number of alkyl halides is 3. The maximum Gasteiger partial charge on any atom is 0.422 e. The van der Waals surface area contributed by atoms with E-state index in [4.69, 9.17) is 4.74 Å². The normalized spacial score (nSPS) is 15.1. The lowest BCUT2D eigenvalue weighted by Gasteiger charge is -2.23. The summed E-state index contributed by atoms with van der Waals surface area (Å²) in [6, 6.07) is 2.66. The summed E-state index contributed by atoms with van der Waals surface area (Å²) >= 11 is 0. The van der Waals surface area contributed by atoms with Crippen LogP contribution >= 0.6 is 0 Å². The predicted octanol–water partition coefficient (Wildman–Crippen LogP) is 3.83. The number of ether oxygens (including phenoxy) is 1. The minimum absolute atomic E-state index is 0.0650. The molecule has 0 aromatic carbocycles. The molecular weight excluding hydrogens is 425 g/mol. The third-order valence-corrected chi connectivity index (χ3v) is 5.30. The fraction of sp³-hybridized carbons (Fsp3) is 0.500. The Morgan fingerprint density at radius 3 is 2.53 bits per heavy atom. The largest absolute Gasteiger partial charge is 0.468 e. The third kappa shape index (κ3) is 6.24. The molecule has 7 nitrogen and oxygen atoms in total. The van der Waals surface area contributed by atoms with Crippen molar-refractivity contribution in [1.82, 2.24) is 20.3 Å². The highest BCUT2D eigenvalue weighted by Gasteiger charge is 2.29. The second-order valence-electron chi connectivity index (χ2n) is 8.07. The number of halogens is 3. The highest BCUT2D eigenvalue weighted by molar-refractivity contribution is 5.92. The van der Waals surface area contributed by atoms with Crippen LogP contribution in [0.2, 0.25) is 0 Å². The van der Waals surface area contributed by atoms with Gasteiger partial charge in [0.25, 0.3) is 5.91 Å². The Kier molecular flexibility index (Phi) is 7.10. The summed E-state index contributed by atoms with van der Waals surface area (Å²) in [6.07, 6.45) is -0.153. The Hall–Kier alpha value is -3.04. The number of rotatable bonds is 8.